The molecule has 0 unspecified atom stereocenters. The zero-order valence-corrected chi connectivity index (χ0v) is 36.5. The van der Waals surface area contributed by atoms with E-state index >= 15 is 0 Å². The van der Waals surface area contributed by atoms with Gasteiger partial charge in [-0.1, -0.05) is 95.6 Å². The molecule has 0 aliphatic carbocycles. The minimum absolute atomic E-state index is 0. The van der Waals surface area contributed by atoms with Crippen molar-refractivity contribution in [3.63, 3.8) is 0 Å². The summed E-state index contributed by atoms with van der Waals surface area (Å²) in [7, 11) is 0. The third-order valence-electron chi connectivity index (χ3n) is 11.0. The van der Waals surface area contributed by atoms with Gasteiger partial charge in [0, 0.05) is 66.9 Å². The molecule has 7 heteroatoms. The van der Waals surface area contributed by atoms with Crippen LogP contribution in [0.3, 0.4) is 0 Å². The molecule has 0 saturated heterocycles. The summed E-state index contributed by atoms with van der Waals surface area (Å²) in [5.74, 6) is 1.94. The molecule has 1 aliphatic heterocycles. The third kappa shape index (κ3) is 7.41. The number of hydrogen-bond donors (Lipinski definition) is 0. The third-order valence-corrected chi connectivity index (χ3v) is 11.0. The molecule has 0 amide bonds. The van der Waals surface area contributed by atoms with Crippen LogP contribution < -0.4 is 14.5 Å². The number of nitriles is 1. The van der Waals surface area contributed by atoms with Gasteiger partial charge in [-0.25, -0.2) is 4.98 Å². The van der Waals surface area contributed by atoms with E-state index in [0.717, 1.165) is 67.1 Å². The van der Waals surface area contributed by atoms with Gasteiger partial charge >= 0.3 is 0 Å². The molecule has 9 rings (SSSR count). The SMILES string of the molecule is Cc1cc(-n2c3[c-]c(Oc4[c-]c(N5[CH-]N(c6cc(C(C)(C)C)cc(C(C)(C)C)c6)c6ccccc65)ccc4)ccc3c3ccccc32)ncc1-c1cccc(C#N)c1.[Pt]. The molecule has 6 aromatic carbocycles. The maximum absolute atomic E-state index is 9.48. The molecule has 1 aliphatic rings. The van der Waals surface area contributed by atoms with Crippen molar-refractivity contribution in [2.45, 2.75) is 59.3 Å². The number of aryl methyl sites for hydroxylation is 1. The van der Waals surface area contributed by atoms with Gasteiger partial charge in [0.05, 0.1) is 11.6 Å². The predicted molar refractivity (Wildman–Crippen MR) is 237 cm³/mol. The molecular weight excluding hydrogens is 906 g/mol. The molecule has 0 atom stereocenters. The van der Waals surface area contributed by atoms with Gasteiger partial charge in [0.15, 0.2) is 0 Å². The Morgan fingerprint density at radius 2 is 1.36 bits per heavy atom. The first-order valence-corrected chi connectivity index (χ1v) is 19.7. The van der Waals surface area contributed by atoms with Gasteiger partial charge in [-0.3, -0.25) is 0 Å². The van der Waals surface area contributed by atoms with E-state index in [1.807, 2.05) is 54.7 Å². The minimum Gasteiger partial charge on any atom is -0.509 e. The van der Waals surface area contributed by atoms with E-state index in [1.54, 1.807) is 0 Å². The van der Waals surface area contributed by atoms with Gasteiger partial charge in [-0.05, 0) is 93.9 Å². The van der Waals surface area contributed by atoms with Crippen LogP contribution in [-0.4, -0.2) is 9.55 Å². The van der Waals surface area contributed by atoms with E-state index in [9.17, 15) is 5.26 Å². The fourth-order valence-corrected chi connectivity index (χ4v) is 7.77. The summed E-state index contributed by atoms with van der Waals surface area (Å²) < 4.78 is 8.72. The molecule has 0 bridgehead atoms. The Kier molecular flexibility index (Phi) is 10.2. The number of fused-ring (bicyclic) bond motifs is 4. The van der Waals surface area contributed by atoms with Crippen LogP contribution in [0.2, 0.25) is 0 Å². The van der Waals surface area contributed by atoms with Crippen molar-refractivity contribution >= 4 is 44.6 Å². The van der Waals surface area contributed by atoms with Gasteiger partial charge in [0.2, 0.25) is 0 Å². The van der Waals surface area contributed by atoms with E-state index in [4.69, 9.17) is 9.72 Å². The average molecular weight is 950 g/mol. The van der Waals surface area contributed by atoms with E-state index < -0.39 is 0 Å². The van der Waals surface area contributed by atoms with Crippen LogP contribution in [0.15, 0.2) is 134 Å². The molecule has 3 heterocycles. The van der Waals surface area contributed by atoms with Crippen LogP contribution in [-0.2, 0) is 31.9 Å². The quantitative estimate of drug-likeness (QED) is 0.155. The molecule has 296 valence electrons. The minimum atomic E-state index is -0.00473. The van der Waals surface area contributed by atoms with Gasteiger partial charge in [0.25, 0.3) is 0 Å². The number of hydrogen-bond acceptors (Lipinski definition) is 5. The molecular formula is C52H44N5OPt-3. The van der Waals surface area contributed by atoms with Crippen LogP contribution in [0, 0.1) is 37.1 Å². The van der Waals surface area contributed by atoms with Gasteiger partial charge < -0.3 is 19.1 Å². The Balaban J connectivity index is 0.00000484. The first kappa shape index (κ1) is 39.7. The maximum Gasteiger partial charge on any atom is 0.135 e. The summed E-state index contributed by atoms with van der Waals surface area (Å²) >= 11 is 0. The summed E-state index contributed by atoms with van der Waals surface area (Å²) in [6.45, 7) is 17.9. The van der Waals surface area contributed by atoms with Crippen molar-refractivity contribution in [3.05, 3.63) is 175 Å². The van der Waals surface area contributed by atoms with Crippen molar-refractivity contribution in [2.24, 2.45) is 0 Å². The summed E-state index contributed by atoms with van der Waals surface area (Å²) in [5, 5.41) is 11.6. The smallest absolute Gasteiger partial charge is 0.135 e. The molecule has 0 N–H and O–H groups in total. The van der Waals surface area contributed by atoms with Crippen LogP contribution in [0.5, 0.6) is 11.5 Å². The summed E-state index contributed by atoms with van der Waals surface area (Å²) in [6.07, 6.45) is 1.89. The Labute approximate surface area is 361 Å². The van der Waals surface area contributed by atoms with E-state index in [0.29, 0.717) is 17.1 Å². The fourth-order valence-electron chi connectivity index (χ4n) is 7.77. The molecule has 59 heavy (non-hydrogen) atoms. The Morgan fingerprint density at radius 3 is 2.07 bits per heavy atom. The van der Waals surface area contributed by atoms with Crippen molar-refractivity contribution in [3.8, 4) is 34.5 Å². The molecule has 8 aromatic rings. The molecule has 2 aromatic heterocycles. The summed E-state index contributed by atoms with van der Waals surface area (Å²) in [6, 6.07) is 53.0. The summed E-state index contributed by atoms with van der Waals surface area (Å²) in [5.41, 5.74) is 12.3. The number of pyridine rings is 1. The first-order chi connectivity index (χ1) is 27.9. The predicted octanol–water partition coefficient (Wildman–Crippen LogP) is 13.4. The van der Waals surface area contributed by atoms with Crippen molar-refractivity contribution in [1.29, 1.82) is 5.26 Å². The van der Waals surface area contributed by atoms with Crippen LogP contribution in [0.4, 0.5) is 22.7 Å². The molecule has 0 fully saturated rings. The summed E-state index contributed by atoms with van der Waals surface area (Å²) in [4.78, 5) is 9.43. The topological polar surface area (TPSA) is 57.3 Å². The van der Waals surface area contributed by atoms with E-state index in [2.05, 4.69) is 167 Å². The van der Waals surface area contributed by atoms with Crippen LogP contribution in [0.25, 0.3) is 38.8 Å². The first-order valence-electron chi connectivity index (χ1n) is 19.7. The number of aromatic nitrogens is 2. The van der Waals surface area contributed by atoms with Crippen molar-refractivity contribution < 1.29 is 25.8 Å². The van der Waals surface area contributed by atoms with Gasteiger partial charge in [0.1, 0.15) is 5.82 Å². The van der Waals surface area contributed by atoms with E-state index in [-0.39, 0.29) is 31.9 Å². The molecule has 6 nitrogen and oxygen atoms in total. The zero-order chi connectivity index (χ0) is 40.3. The Morgan fingerprint density at radius 1 is 0.678 bits per heavy atom. The Hall–Kier alpha value is -6.15. The number of ether oxygens (including phenoxy) is 1. The normalized spacial score (nSPS) is 12.7. The second-order valence-electron chi connectivity index (χ2n) is 17.1. The largest absolute Gasteiger partial charge is 0.509 e. The zero-order valence-electron chi connectivity index (χ0n) is 34.2. The average Bonchev–Trinajstić information content (AvgIpc) is 3.76. The van der Waals surface area contributed by atoms with Gasteiger partial charge in [-0.2, -0.15) is 17.4 Å². The maximum atomic E-state index is 9.48. The van der Waals surface area contributed by atoms with Crippen molar-refractivity contribution in [1.82, 2.24) is 9.55 Å². The molecule has 0 saturated carbocycles. The van der Waals surface area contributed by atoms with E-state index in [1.165, 1.54) is 11.1 Å². The number of para-hydroxylation sites is 3. The molecule has 0 radical (unpaired) electrons. The second-order valence-corrected chi connectivity index (χ2v) is 17.1. The number of anilines is 4. The number of benzene rings is 6. The molecule has 0 spiro atoms. The number of rotatable bonds is 6. The number of nitrogens with zero attached hydrogens (tertiary/aromatic N) is 5. The van der Waals surface area contributed by atoms with Crippen LogP contribution >= 0.6 is 0 Å². The standard InChI is InChI=1S/C52H44N5O.Pt/c1-34-24-50(54-32-45(34)36-15-12-14-35(25-36)31-53)57-46-19-9-8-18-43(46)44-23-22-42(30-49(44)57)58-41-17-13-16-39(29-41)55-33-56(48-21-11-10-20-47(48)55)40-27-37(51(2,3)4)26-38(28-40)52(5,6)7;/h8-28,32-33H,1-7H3;/q-3;. The second kappa shape index (κ2) is 15.2. The van der Waals surface area contributed by atoms with Crippen LogP contribution in [0.1, 0.15) is 63.8 Å². The Bertz CT molecular complexity index is 2890. The fraction of sp³-hybridized carbons (Fsp3) is 0.173. The van der Waals surface area contributed by atoms with Gasteiger partial charge in [-0.15, -0.1) is 48.1 Å². The monoisotopic (exact) mass is 949 g/mol. The van der Waals surface area contributed by atoms with Crippen molar-refractivity contribution in [2.75, 3.05) is 9.80 Å².